The Balaban J connectivity index is -0.000000464. The number of anilines is 1. The SMILES string of the molecule is C=O.CCCC.CNC(=O)COC.NC(=O)CCNC(=O)CCc1ccc(N)cc1. The fourth-order valence-electron chi connectivity index (χ4n) is 1.56. The van der Waals surface area contributed by atoms with Crippen molar-refractivity contribution in [3.63, 3.8) is 0 Å². The number of carbonyl (C=O) groups is 4. The molecular formula is C21H38N4O5. The van der Waals surface area contributed by atoms with Crippen molar-refractivity contribution in [2.75, 3.05) is 33.0 Å². The van der Waals surface area contributed by atoms with Gasteiger partial charge in [0.25, 0.3) is 0 Å². The van der Waals surface area contributed by atoms with Crippen LogP contribution in [-0.2, 0) is 30.3 Å². The predicted molar refractivity (Wildman–Crippen MR) is 120 cm³/mol. The molecule has 9 heteroatoms. The smallest absolute Gasteiger partial charge is 0.245 e. The molecule has 172 valence electrons. The van der Waals surface area contributed by atoms with Gasteiger partial charge in [0.2, 0.25) is 17.7 Å². The zero-order valence-electron chi connectivity index (χ0n) is 18.7. The molecule has 9 nitrogen and oxygen atoms in total. The number of hydrogen-bond acceptors (Lipinski definition) is 6. The number of unbranched alkanes of at least 4 members (excludes halogenated alkanes) is 1. The highest BCUT2D eigenvalue weighted by atomic mass is 16.5. The van der Waals surface area contributed by atoms with Crippen molar-refractivity contribution in [1.82, 2.24) is 10.6 Å². The zero-order valence-corrected chi connectivity index (χ0v) is 18.7. The van der Waals surface area contributed by atoms with Crippen molar-refractivity contribution in [3.8, 4) is 0 Å². The lowest BCUT2D eigenvalue weighted by Crippen LogP contribution is -2.27. The Bertz CT molecular complexity index is 563. The molecule has 0 aliphatic heterocycles. The van der Waals surface area contributed by atoms with Gasteiger partial charge in [-0.3, -0.25) is 14.4 Å². The van der Waals surface area contributed by atoms with Crippen LogP contribution in [0.1, 0.15) is 45.1 Å². The average molecular weight is 427 g/mol. The summed E-state index contributed by atoms with van der Waals surface area (Å²) in [5.74, 6) is -0.589. The Kier molecular flexibility index (Phi) is 25.5. The van der Waals surface area contributed by atoms with E-state index in [1.54, 1.807) is 19.2 Å². The lowest BCUT2D eigenvalue weighted by molar-refractivity contribution is -0.124. The first-order chi connectivity index (χ1) is 14.3. The number of nitrogen functional groups attached to an aromatic ring is 1. The van der Waals surface area contributed by atoms with Gasteiger partial charge < -0.3 is 31.6 Å². The van der Waals surface area contributed by atoms with Gasteiger partial charge in [-0.1, -0.05) is 38.8 Å². The third-order valence-electron chi connectivity index (χ3n) is 3.37. The number of rotatable bonds is 9. The first-order valence-electron chi connectivity index (χ1n) is 9.68. The molecule has 0 fully saturated rings. The normalized spacial score (nSPS) is 8.67. The first-order valence-corrected chi connectivity index (χ1v) is 9.68. The van der Waals surface area contributed by atoms with Crippen LogP contribution >= 0.6 is 0 Å². The van der Waals surface area contributed by atoms with Crippen molar-refractivity contribution >= 4 is 30.2 Å². The van der Waals surface area contributed by atoms with Crippen LogP contribution < -0.4 is 22.1 Å². The predicted octanol–water partition coefficient (Wildman–Crippen LogP) is 1.19. The maximum absolute atomic E-state index is 11.4. The maximum Gasteiger partial charge on any atom is 0.245 e. The molecule has 0 bridgehead atoms. The van der Waals surface area contributed by atoms with E-state index in [0.29, 0.717) is 25.1 Å². The minimum atomic E-state index is -0.413. The van der Waals surface area contributed by atoms with Gasteiger partial charge in [0, 0.05) is 39.2 Å². The molecule has 0 saturated heterocycles. The monoisotopic (exact) mass is 426 g/mol. The zero-order chi connectivity index (χ0) is 23.8. The van der Waals surface area contributed by atoms with Gasteiger partial charge in [-0.05, 0) is 24.1 Å². The van der Waals surface area contributed by atoms with Crippen LogP contribution in [0.3, 0.4) is 0 Å². The quantitative estimate of drug-likeness (QED) is 0.435. The molecule has 0 aliphatic rings. The van der Waals surface area contributed by atoms with Gasteiger partial charge in [0.15, 0.2) is 0 Å². The van der Waals surface area contributed by atoms with Crippen LogP contribution in [0.5, 0.6) is 0 Å². The number of aryl methyl sites for hydroxylation is 1. The molecule has 0 aliphatic carbocycles. The number of methoxy groups -OCH3 is 1. The Hall–Kier alpha value is -2.94. The summed E-state index contributed by atoms with van der Waals surface area (Å²) in [5, 5.41) is 5.03. The number of likely N-dealkylation sites (N-methyl/N-ethyl adjacent to an activating group) is 1. The first kappa shape index (κ1) is 31.7. The van der Waals surface area contributed by atoms with Gasteiger partial charge in [-0.25, -0.2) is 0 Å². The Morgan fingerprint density at radius 1 is 1.00 bits per heavy atom. The van der Waals surface area contributed by atoms with E-state index in [1.165, 1.54) is 20.0 Å². The van der Waals surface area contributed by atoms with Crippen molar-refractivity contribution in [2.24, 2.45) is 5.73 Å². The number of nitrogens with two attached hydrogens (primary N) is 2. The minimum Gasteiger partial charge on any atom is -0.399 e. The molecule has 1 aromatic carbocycles. The van der Waals surface area contributed by atoms with Gasteiger partial charge in [0.05, 0.1) is 0 Å². The van der Waals surface area contributed by atoms with Crippen molar-refractivity contribution < 1.29 is 23.9 Å². The second kappa shape index (κ2) is 24.1. The molecule has 0 aromatic heterocycles. The van der Waals surface area contributed by atoms with Crippen LogP contribution in [0.25, 0.3) is 0 Å². The molecule has 0 heterocycles. The van der Waals surface area contributed by atoms with Gasteiger partial charge >= 0.3 is 0 Å². The van der Waals surface area contributed by atoms with E-state index in [1.807, 2.05) is 18.9 Å². The standard InChI is InChI=1S/C12H17N3O2.C4H9NO2.C4H10.CH2O/c13-10-4-1-9(2-5-10)3-6-12(17)15-8-7-11(14)16;1-5-4(6)3-7-2;1-3-4-2;1-2/h1-2,4-5H,3,6-8,13H2,(H2,14,16)(H,15,17);3H2,1-2H3,(H,5,6);3-4H2,1-2H3;1H2. The van der Waals surface area contributed by atoms with Crippen molar-refractivity contribution in [1.29, 1.82) is 0 Å². The summed E-state index contributed by atoms with van der Waals surface area (Å²) >= 11 is 0. The van der Waals surface area contributed by atoms with Gasteiger partial charge in [-0.2, -0.15) is 0 Å². The van der Waals surface area contributed by atoms with E-state index in [0.717, 1.165) is 5.56 Å². The summed E-state index contributed by atoms with van der Waals surface area (Å²) in [7, 11) is 3.05. The number of primary amides is 1. The van der Waals surface area contributed by atoms with Crippen LogP contribution in [0.2, 0.25) is 0 Å². The molecule has 30 heavy (non-hydrogen) atoms. The van der Waals surface area contributed by atoms with E-state index in [4.69, 9.17) is 16.3 Å². The highest BCUT2D eigenvalue weighted by Crippen LogP contribution is 2.07. The molecular weight excluding hydrogens is 388 g/mol. The largest absolute Gasteiger partial charge is 0.399 e. The summed E-state index contributed by atoms with van der Waals surface area (Å²) in [5.41, 5.74) is 12.3. The third-order valence-corrected chi connectivity index (χ3v) is 3.37. The van der Waals surface area contributed by atoms with Crippen LogP contribution in [0.15, 0.2) is 24.3 Å². The maximum atomic E-state index is 11.4. The van der Waals surface area contributed by atoms with E-state index in [2.05, 4.69) is 29.2 Å². The van der Waals surface area contributed by atoms with E-state index >= 15 is 0 Å². The lowest BCUT2D eigenvalue weighted by Gasteiger charge is -2.04. The van der Waals surface area contributed by atoms with E-state index in [-0.39, 0.29) is 24.8 Å². The van der Waals surface area contributed by atoms with Crippen LogP contribution in [0.4, 0.5) is 5.69 Å². The van der Waals surface area contributed by atoms with Gasteiger partial charge in [0.1, 0.15) is 13.4 Å². The minimum absolute atomic E-state index is 0.0805. The molecule has 0 atom stereocenters. The van der Waals surface area contributed by atoms with Crippen molar-refractivity contribution in [3.05, 3.63) is 29.8 Å². The summed E-state index contributed by atoms with van der Waals surface area (Å²) in [6.07, 6.45) is 3.86. The van der Waals surface area contributed by atoms with Crippen LogP contribution in [-0.4, -0.2) is 51.8 Å². The number of carbonyl (C=O) groups excluding carboxylic acids is 4. The number of ether oxygens (including phenoxy) is 1. The number of amides is 3. The number of nitrogens with one attached hydrogen (secondary N) is 2. The number of hydrogen-bond donors (Lipinski definition) is 4. The van der Waals surface area contributed by atoms with E-state index < -0.39 is 5.91 Å². The molecule has 1 aromatic rings. The highest BCUT2D eigenvalue weighted by molar-refractivity contribution is 5.78. The molecule has 6 N–H and O–H groups in total. The Morgan fingerprint density at radius 2 is 1.53 bits per heavy atom. The Labute approximate surface area is 179 Å². The summed E-state index contributed by atoms with van der Waals surface area (Å²) in [6.45, 7) is 6.81. The molecule has 0 unspecified atom stereocenters. The molecule has 0 radical (unpaired) electrons. The second-order valence-corrected chi connectivity index (χ2v) is 5.91. The lowest BCUT2D eigenvalue weighted by atomic mass is 10.1. The highest BCUT2D eigenvalue weighted by Gasteiger charge is 2.02. The Morgan fingerprint density at radius 3 is 1.90 bits per heavy atom. The topological polar surface area (TPSA) is 154 Å². The van der Waals surface area contributed by atoms with E-state index in [9.17, 15) is 14.4 Å². The second-order valence-electron chi connectivity index (χ2n) is 5.91. The van der Waals surface area contributed by atoms with Crippen molar-refractivity contribution in [2.45, 2.75) is 46.0 Å². The molecule has 0 spiro atoms. The average Bonchev–Trinajstić information content (AvgIpc) is 2.75. The number of benzene rings is 1. The fourth-order valence-corrected chi connectivity index (χ4v) is 1.56. The van der Waals surface area contributed by atoms with Gasteiger partial charge in [-0.15, -0.1) is 0 Å². The third kappa shape index (κ3) is 25.1. The summed E-state index contributed by atoms with van der Waals surface area (Å²) in [4.78, 5) is 40.0. The molecule has 3 amide bonds. The summed E-state index contributed by atoms with van der Waals surface area (Å²) in [6, 6.07) is 7.40. The molecule has 1 rings (SSSR count). The summed E-state index contributed by atoms with van der Waals surface area (Å²) < 4.78 is 4.48. The molecule has 0 saturated carbocycles. The van der Waals surface area contributed by atoms with Crippen LogP contribution in [0, 0.1) is 0 Å². The fraction of sp³-hybridized carbons (Fsp3) is 0.524.